The Hall–Kier alpha value is -0.630. The number of carbonyl (C=O) groups is 1. The van der Waals surface area contributed by atoms with Crippen molar-refractivity contribution in [2.24, 2.45) is 5.92 Å². The molecule has 0 amide bonds. The highest BCUT2D eigenvalue weighted by atomic mass is 16.5. The number of allylic oxidation sites excluding steroid dienone is 1. The second-order valence-electron chi connectivity index (χ2n) is 2.29. The standard InChI is InChI=1S/C8H14O2/c1-4-8(9)7(2)5-6-10-3/h4,7H,1,5-6H2,2-3H3. The average molecular weight is 142 g/mol. The molecule has 0 rings (SSSR count). The van der Waals surface area contributed by atoms with Crippen molar-refractivity contribution in [2.75, 3.05) is 13.7 Å². The van der Waals surface area contributed by atoms with E-state index in [4.69, 9.17) is 4.74 Å². The highest BCUT2D eigenvalue weighted by molar-refractivity contribution is 5.90. The molecule has 0 saturated carbocycles. The Kier molecular flexibility index (Phi) is 4.85. The zero-order valence-electron chi connectivity index (χ0n) is 6.59. The number of methoxy groups -OCH3 is 1. The third-order valence-corrected chi connectivity index (χ3v) is 1.44. The van der Waals surface area contributed by atoms with Gasteiger partial charge in [0.15, 0.2) is 5.78 Å². The third-order valence-electron chi connectivity index (χ3n) is 1.44. The molecule has 0 N–H and O–H groups in total. The molecule has 0 saturated heterocycles. The van der Waals surface area contributed by atoms with E-state index in [-0.39, 0.29) is 11.7 Å². The summed E-state index contributed by atoms with van der Waals surface area (Å²) in [6.45, 7) is 5.92. The number of hydrogen-bond acceptors (Lipinski definition) is 2. The molecule has 0 aliphatic heterocycles. The SMILES string of the molecule is C=CC(=O)C(C)CCOC. The lowest BCUT2D eigenvalue weighted by atomic mass is 10.0. The van der Waals surface area contributed by atoms with Gasteiger partial charge in [-0.3, -0.25) is 4.79 Å². The monoisotopic (exact) mass is 142 g/mol. The van der Waals surface area contributed by atoms with E-state index in [0.29, 0.717) is 6.61 Å². The Morgan fingerprint density at radius 2 is 2.40 bits per heavy atom. The predicted molar refractivity (Wildman–Crippen MR) is 40.9 cm³/mol. The molecule has 2 heteroatoms. The lowest BCUT2D eigenvalue weighted by Gasteiger charge is -2.04. The van der Waals surface area contributed by atoms with Gasteiger partial charge < -0.3 is 4.74 Å². The molecule has 0 aromatic carbocycles. The van der Waals surface area contributed by atoms with Crippen LogP contribution < -0.4 is 0 Å². The second kappa shape index (κ2) is 5.18. The Bertz CT molecular complexity index is 118. The van der Waals surface area contributed by atoms with Crippen LogP contribution in [-0.2, 0) is 9.53 Å². The van der Waals surface area contributed by atoms with Crippen LogP contribution in [0.3, 0.4) is 0 Å². The highest BCUT2D eigenvalue weighted by Crippen LogP contribution is 2.03. The molecule has 0 bridgehead atoms. The molecular formula is C8H14O2. The number of ketones is 1. The van der Waals surface area contributed by atoms with E-state index in [2.05, 4.69) is 6.58 Å². The van der Waals surface area contributed by atoms with Crippen molar-refractivity contribution in [2.45, 2.75) is 13.3 Å². The molecule has 1 atom stereocenters. The molecule has 0 aromatic rings. The van der Waals surface area contributed by atoms with E-state index >= 15 is 0 Å². The van der Waals surface area contributed by atoms with Crippen molar-refractivity contribution in [3.63, 3.8) is 0 Å². The first kappa shape index (κ1) is 9.37. The first-order valence-electron chi connectivity index (χ1n) is 3.37. The fraction of sp³-hybridized carbons (Fsp3) is 0.625. The summed E-state index contributed by atoms with van der Waals surface area (Å²) >= 11 is 0. The summed E-state index contributed by atoms with van der Waals surface area (Å²) in [5.74, 6) is 0.148. The van der Waals surface area contributed by atoms with Gasteiger partial charge in [-0.05, 0) is 12.5 Å². The summed E-state index contributed by atoms with van der Waals surface area (Å²) in [6.07, 6.45) is 2.14. The second-order valence-corrected chi connectivity index (χ2v) is 2.29. The van der Waals surface area contributed by atoms with E-state index in [0.717, 1.165) is 6.42 Å². The maximum absolute atomic E-state index is 10.8. The third kappa shape index (κ3) is 3.41. The molecule has 2 nitrogen and oxygen atoms in total. The van der Waals surface area contributed by atoms with E-state index < -0.39 is 0 Å². The van der Waals surface area contributed by atoms with Crippen LogP contribution in [0.15, 0.2) is 12.7 Å². The fourth-order valence-corrected chi connectivity index (χ4v) is 0.638. The molecule has 1 unspecified atom stereocenters. The molecule has 0 radical (unpaired) electrons. The summed E-state index contributed by atoms with van der Waals surface area (Å²) in [5, 5.41) is 0. The molecule has 0 spiro atoms. The quantitative estimate of drug-likeness (QED) is 0.542. The Labute approximate surface area is 61.9 Å². The van der Waals surface area contributed by atoms with Crippen molar-refractivity contribution in [3.05, 3.63) is 12.7 Å². The average Bonchev–Trinajstić information content (AvgIpc) is 1.98. The maximum Gasteiger partial charge on any atom is 0.157 e. The number of carbonyl (C=O) groups excluding carboxylic acids is 1. The summed E-state index contributed by atoms with van der Waals surface area (Å²) in [7, 11) is 1.63. The molecule has 58 valence electrons. The van der Waals surface area contributed by atoms with Crippen molar-refractivity contribution in [1.29, 1.82) is 0 Å². The van der Waals surface area contributed by atoms with Gasteiger partial charge in [-0.1, -0.05) is 13.5 Å². The first-order chi connectivity index (χ1) is 4.72. The smallest absolute Gasteiger partial charge is 0.157 e. The van der Waals surface area contributed by atoms with Crippen LogP contribution in [-0.4, -0.2) is 19.5 Å². The molecule has 10 heavy (non-hydrogen) atoms. The highest BCUT2D eigenvalue weighted by Gasteiger charge is 2.07. The van der Waals surface area contributed by atoms with Crippen LogP contribution in [0.2, 0.25) is 0 Å². The maximum atomic E-state index is 10.8. The zero-order chi connectivity index (χ0) is 7.98. The van der Waals surface area contributed by atoms with Gasteiger partial charge in [-0.15, -0.1) is 0 Å². The van der Waals surface area contributed by atoms with Gasteiger partial charge in [-0.2, -0.15) is 0 Å². The Balaban J connectivity index is 3.51. The van der Waals surface area contributed by atoms with E-state index in [1.165, 1.54) is 6.08 Å². The molecule has 0 aliphatic rings. The van der Waals surface area contributed by atoms with Crippen molar-refractivity contribution >= 4 is 5.78 Å². The van der Waals surface area contributed by atoms with Gasteiger partial charge in [-0.25, -0.2) is 0 Å². The molecule has 0 fully saturated rings. The van der Waals surface area contributed by atoms with Crippen molar-refractivity contribution < 1.29 is 9.53 Å². The lowest BCUT2D eigenvalue weighted by Crippen LogP contribution is -2.09. The van der Waals surface area contributed by atoms with E-state index in [1.807, 2.05) is 6.92 Å². The first-order valence-corrected chi connectivity index (χ1v) is 3.37. The normalized spacial score (nSPS) is 12.6. The van der Waals surface area contributed by atoms with Gasteiger partial charge >= 0.3 is 0 Å². The minimum absolute atomic E-state index is 0.0532. The van der Waals surface area contributed by atoms with Crippen LogP contribution in [0.5, 0.6) is 0 Å². The van der Waals surface area contributed by atoms with Gasteiger partial charge in [0.25, 0.3) is 0 Å². The summed E-state index contributed by atoms with van der Waals surface area (Å²) in [5.41, 5.74) is 0. The van der Waals surface area contributed by atoms with Gasteiger partial charge in [0, 0.05) is 19.6 Å². The summed E-state index contributed by atoms with van der Waals surface area (Å²) < 4.78 is 4.82. The lowest BCUT2D eigenvalue weighted by molar-refractivity contribution is -0.118. The van der Waals surface area contributed by atoms with Gasteiger partial charge in [0.05, 0.1) is 0 Å². The Morgan fingerprint density at radius 1 is 1.80 bits per heavy atom. The molecule has 0 aromatic heterocycles. The van der Waals surface area contributed by atoms with Crippen molar-refractivity contribution in [1.82, 2.24) is 0 Å². The van der Waals surface area contributed by atoms with Crippen LogP contribution >= 0.6 is 0 Å². The zero-order valence-corrected chi connectivity index (χ0v) is 6.59. The summed E-state index contributed by atoms with van der Waals surface area (Å²) in [4.78, 5) is 10.8. The predicted octanol–water partition coefficient (Wildman–Crippen LogP) is 1.41. The topological polar surface area (TPSA) is 26.3 Å². The Morgan fingerprint density at radius 3 is 2.80 bits per heavy atom. The fourth-order valence-electron chi connectivity index (χ4n) is 0.638. The molecular weight excluding hydrogens is 128 g/mol. The summed E-state index contributed by atoms with van der Waals surface area (Å²) in [6, 6.07) is 0. The van der Waals surface area contributed by atoms with Crippen molar-refractivity contribution in [3.8, 4) is 0 Å². The van der Waals surface area contributed by atoms with E-state index in [1.54, 1.807) is 7.11 Å². The number of hydrogen-bond donors (Lipinski definition) is 0. The van der Waals surface area contributed by atoms with Crippen LogP contribution in [0.4, 0.5) is 0 Å². The van der Waals surface area contributed by atoms with Crippen LogP contribution in [0.1, 0.15) is 13.3 Å². The molecule has 0 heterocycles. The van der Waals surface area contributed by atoms with Gasteiger partial charge in [0.1, 0.15) is 0 Å². The molecule has 0 aliphatic carbocycles. The largest absolute Gasteiger partial charge is 0.385 e. The number of rotatable bonds is 5. The minimum atomic E-state index is 0.0532. The van der Waals surface area contributed by atoms with E-state index in [9.17, 15) is 4.79 Å². The minimum Gasteiger partial charge on any atom is -0.385 e. The van der Waals surface area contributed by atoms with Crippen LogP contribution in [0.25, 0.3) is 0 Å². The van der Waals surface area contributed by atoms with Crippen LogP contribution in [0, 0.1) is 5.92 Å². The van der Waals surface area contributed by atoms with Gasteiger partial charge in [0.2, 0.25) is 0 Å². The number of ether oxygens (including phenoxy) is 1.